The van der Waals surface area contributed by atoms with Crippen LogP contribution in [-0.2, 0) is 9.59 Å². The number of nitrogens with zero attached hydrogens (tertiary/aromatic N) is 3. The van der Waals surface area contributed by atoms with Crippen LogP contribution in [0, 0.1) is 0 Å². The summed E-state index contributed by atoms with van der Waals surface area (Å²) in [5, 5.41) is 10.9. The number of benzene rings is 1. The molecule has 2 heterocycles. The molecule has 6 heteroatoms. The van der Waals surface area contributed by atoms with Gasteiger partial charge in [-0.3, -0.25) is 14.6 Å². The van der Waals surface area contributed by atoms with Crippen LogP contribution in [0.3, 0.4) is 0 Å². The molecule has 0 aliphatic carbocycles. The average molecular weight is 393 g/mol. The minimum Gasteiger partial charge on any atom is -0.507 e. The molecule has 0 bridgehead atoms. The summed E-state index contributed by atoms with van der Waals surface area (Å²) in [6.07, 6.45) is 4.04. The number of Topliss-reactive ketones (excluding diaryl/α,β-unsaturated/α-hetero) is 1. The number of aliphatic hydroxyl groups excluding tert-OH is 1. The summed E-state index contributed by atoms with van der Waals surface area (Å²) >= 11 is 0. The standard InChI is InChI=1S/C23H27N3O3/c1-3-25(4-2)14-9-15-26-20(18-12-8-13-24-16-18)19(22(28)23(26)29)21(27)17-10-6-5-7-11-17/h5-8,10-13,16,20,27H,3-4,9,14-15H2,1-2H3/b21-19+/t20-/m1/s1. The molecule has 1 aliphatic heterocycles. The lowest BCUT2D eigenvalue weighted by molar-refractivity contribution is -0.140. The smallest absolute Gasteiger partial charge is 0.295 e. The van der Waals surface area contributed by atoms with Gasteiger partial charge < -0.3 is 14.9 Å². The number of aliphatic hydroxyl groups is 1. The molecule has 0 unspecified atom stereocenters. The van der Waals surface area contributed by atoms with E-state index in [1.165, 1.54) is 0 Å². The second kappa shape index (κ2) is 9.47. The van der Waals surface area contributed by atoms with Gasteiger partial charge in [0.1, 0.15) is 5.76 Å². The van der Waals surface area contributed by atoms with E-state index in [-0.39, 0.29) is 11.3 Å². The number of carbonyl (C=O) groups is 2. The Labute approximate surface area is 171 Å². The fourth-order valence-electron chi connectivity index (χ4n) is 3.75. The Morgan fingerprint density at radius 3 is 2.45 bits per heavy atom. The normalized spacial score (nSPS) is 18.6. The first-order chi connectivity index (χ1) is 14.1. The first-order valence-electron chi connectivity index (χ1n) is 10.0. The van der Waals surface area contributed by atoms with E-state index in [9.17, 15) is 14.7 Å². The van der Waals surface area contributed by atoms with Crippen LogP contribution in [0.1, 0.15) is 37.4 Å². The molecule has 29 heavy (non-hydrogen) atoms. The van der Waals surface area contributed by atoms with Gasteiger partial charge in [0.15, 0.2) is 0 Å². The molecule has 0 spiro atoms. The Hall–Kier alpha value is -2.99. The van der Waals surface area contributed by atoms with Crippen LogP contribution in [0.4, 0.5) is 0 Å². The topological polar surface area (TPSA) is 73.7 Å². The molecule has 6 nitrogen and oxygen atoms in total. The largest absolute Gasteiger partial charge is 0.507 e. The molecule has 2 aromatic rings. The fourth-order valence-corrected chi connectivity index (χ4v) is 3.75. The quantitative estimate of drug-likeness (QED) is 0.423. The second-order valence-corrected chi connectivity index (χ2v) is 7.03. The highest BCUT2D eigenvalue weighted by molar-refractivity contribution is 6.46. The molecule has 1 amide bonds. The number of carbonyl (C=O) groups excluding carboxylic acids is 2. The summed E-state index contributed by atoms with van der Waals surface area (Å²) < 4.78 is 0. The van der Waals surface area contributed by atoms with Crippen molar-refractivity contribution in [1.29, 1.82) is 0 Å². The minimum absolute atomic E-state index is 0.122. The monoisotopic (exact) mass is 393 g/mol. The van der Waals surface area contributed by atoms with Gasteiger partial charge in [-0.1, -0.05) is 50.2 Å². The maximum atomic E-state index is 12.9. The summed E-state index contributed by atoms with van der Waals surface area (Å²) in [7, 11) is 0. The fraction of sp³-hybridized carbons (Fsp3) is 0.348. The first kappa shape index (κ1) is 20.7. The highest BCUT2D eigenvalue weighted by Gasteiger charge is 2.45. The average Bonchev–Trinajstić information content (AvgIpc) is 3.02. The van der Waals surface area contributed by atoms with Gasteiger partial charge in [-0.25, -0.2) is 0 Å². The minimum atomic E-state index is -0.650. The predicted molar refractivity (Wildman–Crippen MR) is 112 cm³/mol. The molecule has 1 atom stereocenters. The molecule has 3 rings (SSSR count). The van der Waals surface area contributed by atoms with Crippen molar-refractivity contribution in [1.82, 2.24) is 14.8 Å². The van der Waals surface area contributed by atoms with Gasteiger partial charge in [0.2, 0.25) is 0 Å². The third-order valence-electron chi connectivity index (χ3n) is 5.36. The highest BCUT2D eigenvalue weighted by atomic mass is 16.3. The highest BCUT2D eigenvalue weighted by Crippen LogP contribution is 2.39. The van der Waals surface area contributed by atoms with E-state index in [0.717, 1.165) is 26.1 Å². The van der Waals surface area contributed by atoms with Gasteiger partial charge in [-0.05, 0) is 37.7 Å². The number of amides is 1. The van der Waals surface area contributed by atoms with Crippen LogP contribution < -0.4 is 0 Å². The third-order valence-corrected chi connectivity index (χ3v) is 5.36. The second-order valence-electron chi connectivity index (χ2n) is 7.03. The number of hydrogen-bond donors (Lipinski definition) is 1. The molecule has 0 radical (unpaired) electrons. The maximum absolute atomic E-state index is 12.9. The number of aromatic nitrogens is 1. The van der Waals surface area contributed by atoms with Crippen molar-refractivity contribution in [2.75, 3.05) is 26.2 Å². The first-order valence-corrected chi connectivity index (χ1v) is 10.0. The molecule has 1 fully saturated rings. The van der Waals surface area contributed by atoms with E-state index >= 15 is 0 Å². The van der Waals surface area contributed by atoms with Crippen LogP contribution in [0.2, 0.25) is 0 Å². The Morgan fingerprint density at radius 1 is 1.10 bits per heavy atom. The van der Waals surface area contributed by atoms with Crippen molar-refractivity contribution in [3.05, 3.63) is 71.6 Å². The van der Waals surface area contributed by atoms with Crippen LogP contribution in [-0.4, -0.2) is 57.8 Å². The lowest BCUT2D eigenvalue weighted by atomic mass is 9.96. The summed E-state index contributed by atoms with van der Waals surface area (Å²) in [6.45, 7) is 7.36. The predicted octanol–water partition coefficient (Wildman–Crippen LogP) is 3.24. The van der Waals surface area contributed by atoms with Crippen molar-refractivity contribution in [3.63, 3.8) is 0 Å². The van der Waals surface area contributed by atoms with Crippen LogP contribution in [0.25, 0.3) is 5.76 Å². The maximum Gasteiger partial charge on any atom is 0.295 e. The number of pyridine rings is 1. The molecular weight excluding hydrogens is 366 g/mol. The van der Waals surface area contributed by atoms with Gasteiger partial charge in [0.05, 0.1) is 11.6 Å². The number of hydrogen-bond acceptors (Lipinski definition) is 5. The zero-order valence-electron chi connectivity index (χ0n) is 16.9. The van der Waals surface area contributed by atoms with Gasteiger partial charge in [0.25, 0.3) is 11.7 Å². The summed E-state index contributed by atoms with van der Waals surface area (Å²) in [5.41, 5.74) is 1.35. The van der Waals surface area contributed by atoms with Crippen molar-refractivity contribution >= 4 is 17.4 Å². The van der Waals surface area contributed by atoms with Crippen LogP contribution >= 0.6 is 0 Å². The number of likely N-dealkylation sites (tertiary alicyclic amines) is 1. The molecule has 152 valence electrons. The zero-order chi connectivity index (χ0) is 20.8. The van der Waals surface area contributed by atoms with Crippen molar-refractivity contribution in [3.8, 4) is 0 Å². The van der Waals surface area contributed by atoms with Gasteiger partial charge in [0, 0.05) is 24.5 Å². The Morgan fingerprint density at radius 2 is 1.83 bits per heavy atom. The van der Waals surface area contributed by atoms with Crippen molar-refractivity contribution in [2.45, 2.75) is 26.3 Å². The van der Waals surface area contributed by atoms with E-state index in [0.29, 0.717) is 17.7 Å². The number of rotatable bonds is 8. The van der Waals surface area contributed by atoms with E-state index in [4.69, 9.17) is 0 Å². The zero-order valence-corrected chi connectivity index (χ0v) is 16.9. The Balaban J connectivity index is 1.98. The SMILES string of the molecule is CCN(CC)CCCN1C(=O)C(=O)/C(=C(/O)c2ccccc2)[C@H]1c1cccnc1. The Kier molecular flexibility index (Phi) is 6.77. The molecule has 1 N–H and O–H groups in total. The lowest BCUT2D eigenvalue weighted by Crippen LogP contribution is -2.33. The summed E-state index contributed by atoms with van der Waals surface area (Å²) in [6, 6.07) is 11.8. The molecule has 1 aliphatic rings. The van der Waals surface area contributed by atoms with E-state index < -0.39 is 17.7 Å². The van der Waals surface area contributed by atoms with Crippen molar-refractivity contribution < 1.29 is 14.7 Å². The van der Waals surface area contributed by atoms with Gasteiger partial charge in [-0.15, -0.1) is 0 Å². The van der Waals surface area contributed by atoms with E-state index in [1.807, 2.05) is 12.1 Å². The van der Waals surface area contributed by atoms with Gasteiger partial charge in [-0.2, -0.15) is 0 Å². The van der Waals surface area contributed by atoms with E-state index in [1.54, 1.807) is 47.6 Å². The Bertz CT molecular complexity index is 877. The lowest BCUT2D eigenvalue weighted by Gasteiger charge is -2.26. The third kappa shape index (κ3) is 4.38. The molecule has 0 saturated carbocycles. The molecule has 1 saturated heterocycles. The van der Waals surface area contributed by atoms with Crippen LogP contribution in [0.5, 0.6) is 0 Å². The van der Waals surface area contributed by atoms with Gasteiger partial charge >= 0.3 is 0 Å². The molecule has 1 aromatic heterocycles. The number of ketones is 1. The molecule has 1 aromatic carbocycles. The van der Waals surface area contributed by atoms with Crippen LogP contribution in [0.15, 0.2) is 60.4 Å². The summed E-state index contributed by atoms with van der Waals surface area (Å²) in [5.74, 6) is -1.37. The summed E-state index contributed by atoms with van der Waals surface area (Å²) in [4.78, 5) is 33.7. The molecular formula is C23H27N3O3. The van der Waals surface area contributed by atoms with Crippen molar-refractivity contribution in [2.24, 2.45) is 0 Å². The van der Waals surface area contributed by atoms with E-state index in [2.05, 4.69) is 23.7 Å².